The Morgan fingerprint density at radius 1 is 1.04 bits per heavy atom. The number of benzene rings is 2. The van der Waals surface area contributed by atoms with Crippen LogP contribution in [0.1, 0.15) is 11.1 Å². The average Bonchev–Trinajstić information content (AvgIpc) is 3.07. The number of ether oxygens (including phenoxy) is 4. The summed E-state index contributed by atoms with van der Waals surface area (Å²) in [5, 5.41) is 11.0. The van der Waals surface area contributed by atoms with Crippen LogP contribution in [0.2, 0.25) is 0 Å². The molecule has 9 heteroatoms. The second kappa shape index (κ2) is 7.78. The summed E-state index contributed by atoms with van der Waals surface area (Å²) in [6.45, 7) is 0. The number of esters is 1. The van der Waals surface area contributed by atoms with E-state index in [0.29, 0.717) is 17.1 Å². The summed E-state index contributed by atoms with van der Waals surface area (Å²) in [5.74, 6) is 0.589. The van der Waals surface area contributed by atoms with Gasteiger partial charge in [-0.2, -0.15) is 0 Å². The predicted molar refractivity (Wildman–Crippen MR) is 99.8 cm³/mol. The van der Waals surface area contributed by atoms with Gasteiger partial charge >= 0.3 is 5.97 Å². The summed E-state index contributed by atoms with van der Waals surface area (Å²) in [4.78, 5) is 27.0. The van der Waals surface area contributed by atoms with Crippen molar-refractivity contribution >= 4 is 23.6 Å². The van der Waals surface area contributed by atoms with Gasteiger partial charge in [0.15, 0.2) is 5.70 Å². The second-order valence-corrected chi connectivity index (χ2v) is 5.59. The molecule has 1 heterocycles. The van der Waals surface area contributed by atoms with E-state index in [9.17, 15) is 14.9 Å². The molecule has 0 fully saturated rings. The van der Waals surface area contributed by atoms with Crippen molar-refractivity contribution in [2.75, 3.05) is 21.3 Å². The van der Waals surface area contributed by atoms with Crippen LogP contribution in [-0.4, -0.2) is 38.1 Å². The molecule has 28 heavy (non-hydrogen) atoms. The van der Waals surface area contributed by atoms with Crippen LogP contribution in [-0.2, 0) is 9.53 Å². The highest BCUT2D eigenvalue weighted by Crippen LogP contribution is 2.31. The molecule has 1 aliphatic heterocycles. The molecule has 3 rings (SSSR count). The quantitative estimate of drug-likeness (QED) is 0.326. The zero-order valence-electron chi connectivity index (χ0n) is 15.3. The summed E-state index contributed by atoms with van der Waals surface area (Å²) in [7, 11) is 4.42. The molecule has 0 unspecified atom stereocenters. The van der Waals surface area contributed by atoms with Crippen LogP contribution >= 0.6 is 0 Å². The van der Waals surface area contributed by atoms with Crippen LogP contribution in [0.3, 0.4) is 0 Å². The Bertz CT molecular complexity index is 1010. The lowest BCUT2D eigenvalue weighted by Crippen LogP contribution is -2.07. The van der Waals surface area contributed by atoms with E-state index in [1.807, 2.05) is 0 Å². The molecule has 144 valence electrons. The zero-order valence-corrected chi connectivity index (χ0v) is 15.3. The molecule has 0 atom stereocenters. The Morgan fingerprint density at radius 3 is 2.39 bits per heavy atom. The number of hydrogen-bond acceptors (Lipinski definition) is 8. The smallest absolute Gasteiger partial charge is 0.363 e. The van der Waals surface area contributed by atoms with Crippen molar-refractivity contribution in [2.24, 2.45) is 4.99 Å². The first kappa shape index (κ1) is 18.9. The van der Waals surface area contributed by atoms with Crippen molar-refractivity contribution in [1.29, 1.82) is 0 Å². The van der Waals surface area contributed by atoms with E-state index >= 15 is 0 Å². The highest BCUT2D eigenvalue weighted by atomic mass is 16.6. The Balaban J connectivity index is 2.06. The van der Waals surface area contributed by atoms with Gasteiger partial charge in [0.05, 0.1) is 31.8 Å². The first-order valence-electron chi connectivity index (χ1n) is 8.04. The maximum atomic E-state index is 12.3. The fourth-order valence-corrected chi connectivity index (χ4v) is 2.60. The molecular formula is C19H16N2O7. The summed E-state index contributed by atoms with van der Waals surface area (Å²) in [6.07, 6.45) is 1.49. The van der Waals surface area contributed by atoms with Gasteiger partial charge in [-0.15, -0.1) is 0 Å². The minimum Gasteiger partial charge on any atom is -0.497 e. The highest BCUT2D eigenvalue weighted by Gasteiger charge is 2.28. The number of cyclic esters (lactones) is 1. The molecule has 0 spiro atoms. The van der Waals surface area contributed by atoms with Crippen molar-refractivity contribution in [3.05, 3.63) is 63.3 Å². The van der Waals surface area contributed by atoms with E-state index in [0.717, 1.165) is 0 Å². The van der Waals surface area contributed by atoms with E-state index in [1.54, 1.807) is 18.2 Å². The van der Waals surface area contributed by atoms with Crippen molar-refractivity contribution in [2.45, 2.75) is 0 Å². The number of carbonyl (C=O) groups is 1. The van der Waals surface area contributed by atoms with E-state index in [4.69, 9.17) is 18.9 Å². The molecule has 1 aliphatic rings. The monoisotopic (exact) mass is 384 g/mol. The van der Waals surface area contributed by atoms with E-state index in [-0.39, 0.29) is 28.6 Å². The third kappa shape index (κ3) is 3.63. The van der Waals surface area contributed by atoms with Gasteiger partial charge in [0, 0.05) is 17.7 Å². The van der Waals surface area contributed by atoms with Gasteiger partial charge in [0.25, 0.3) is 5.69 Å². The molecule has 0 saturated carbocycles. The summed E-state index contributed by atoms with van der Waals surface area (Å²) in [5.41, 5.74) is 0.590. The number of rotatable bonds is 6. The lowest BCUT2D eigenvalue weighted by Gasteiger charge is -2.07. The summed E-state index contributed by atoms with van der Waals surface area (Å²) < 4.78 is 20.9. The molecule has 0 saturated heterocycles. The normalized spacial score (nSPS) is 14.5. The van der Waals surface area contributed by atoms with Crippen molar-refractivity contribution in [1.82, 2.24) is 0 Å². The van der Waals surface area contributed by atoms with Crippen LogP contribution in [0, 0.1) is 10.1 Å². The topological polar surface area (TPSA) is 109 Å². The predicted octanol–water partition coefficient (Wildman–Crippen LogP) is 2.97. The lowest BCUT2D eigenvalue weighted by molar-refractivity contribution is -0.384. The van der Waals surface area contributed by atoms with Crippen LogP contribution < -0.4 is 14.2 Å². The zero-order chi connectivity index (χ0) is 20.3. The minimum absolute atomic E-state index is 0.00936. The fourth-order valence-electron chi connectivity index (χ4n) is 2.60. The number of aliphatic imine (C=N–C) groups is 1. The lowest BCUT2D eigenvalue weighted by atomic mass is 10.1. The third-order valence-electron chi connectivity index (χ3n) is 3.97. The standard InChI is InChI=1S/C19H16N2O7/c1-25-13-5-7-16(26-2)11(8-13)9-15-19(22)28-18(20-15)14-10-12(21(23)24)4-6-17(14)27-3/h4-10H,1-3H3. The molecule has 0 N–H and O–H groups in total. The Labute approximate surface area is 160 Å². The number of nitro groups is 1. The van der Waals surface area contributed by atoms with Gasteiger partial charge in [0.1, 0.15) is 17.2 Å². The molecule has 2 aromatic carbocycles. The first-order valence-corrected chi connectivity index (χ1v) is 8.04. The maximum Gasteiger partial charge on any atom is 0.363 e. The van der Waals surface area contributed by atoms with Gasteiger partial charge in [0.2, 0.25) is 5.90 Å². The second-order valence-electron chi connectivity index (χ2n) is 5.59. The van der Waals surface area contributed by atoms with Gasteiger partial charge in [-0.25, -0.2) is 9.79 Å². The van der Waals surface area contributed by atoms with Gasteiger partial charge in [-0.1, -0.05) is 0 Å². The van der Waals surface area contributed by atoms with Gasteiger partial charge in [-0.3, -0.25) is 10.1 Å². The van der Waals surface area contributed by atoms with Gasteiger partial charge < -0.3 is 18.9 Å². The molecule has 0 aliphatic carbocycles. The molecule has 9 nitrogen and oxygen atoms in total. The highest BCUT2D eigenvalue weighted by molar-refractivity contribution is 6.14. The fraction of sp³-hybridized carbons (Fsp3) is 0.158. The maximum absolute atomic E-state index is 12.3. The molecule has 0 aromatic heterocycles. The largest absolute Gasteiger partial charge is 0.497 e. The molecule has 2 aromatic rings. The number of methoxy groups -OCH3 is 3. The number of non-ortho nitro benzene ring substituents is 1. The number of hydrogen-bond donors (Lipinski definition) is 0. The SMILES string of the molecule is COc1ccc(OC)c(C=C2N=C(c3cc([N+](=O)[O-])ccc3OC)OC2=O)c1. The average molecular weight is 384 g/mol. The van der Waals surface area contributed by atoms with Crippen LogP contribution in [0.15, 0.2) is 47.1 Å². The third-order valence-corrected chi connectivity index (χ3v) is 3.97. The van der Waals surface area contributed by atoms with Crippen LogP contribution in [0.5, 0.6) is 17.2 Å². The van der Waals surface area contributed by atoms with Crippen molar-refractivity contribution < 1.29 is 28.7 Å². The first-order chi connectivity index (χ1) is 13.5. The Hall–Kier alpha value is -3.88. The molecule has 0 radical (unpaired) electrons. The number of nitro benzene ring substituents is 1. The van der Waals surface area contributed by atoms with E-state index < -0.39 is 10.9 Å². The summed E-state index contributed by atoms with van der Waals surface area (Å²) in [6, 6.07) is 9.03. The molecule has 0 amide bonds. The Kier molecular flexibility index (Phi) is 5.25. The van der Waals surface area contributed by atoms with E-state index in [1.165, 1.54) is 45.6 Å². The molecule has 0 bridgehead atoms. The molecular weight excluding hydrogens is 368 g/mol. The van der Waals surface area contributed by atoms with Gasteiger partial charge in [-0.05, 0) is 30.3 Å². The summed E-state index contributed by atoms with van der Waals surface area (Å²) >= 11 is 0. The van der Waals surface area contributed by atoms with Crippen LogP contribution in [0.25, 0.3) is 6.08 Å². The van der Waals surface area contributed by atoms with Crippen molar-refractivity contribution in [3.8, 4) is 17.2 Å². The van der Waals surface area contributed by atoms with Crippen LogP contribution in [0.4, 0.5) is 5.69 Å². The number of carbonyl (C=O) groups excluding carboxylic acids is 1. The van der Waals surface area contributed by atoms with Crippen molar-refractivity contribution in [3.63, 3.8) is 0 Å². The Morgan fingerprint density at radius 2 is 1.75 bits per heavy atom. The van der Waals surface area contributed by atoms with E-state index in [2.05, 4.69) is 4.99 Å². The minimum atomic E-state index is -0.701. The number of nitrogens with zero attached hydrogens (tertiary/aromatic N) is 2.